The van der Waals surface area contributed by atoms with E-state index >= 15 is 0 Å². The Bertz CT molecular complexity index is 1320. The number of anilines is 1. The predicted molar refractivity (Wildman–Crippen MR) is 177 cm³/mol. The van der Waals surface area contributed by atoms with Crippen molar-refractivity contribution in [2.75, 3.05) is 24.5 Å². The first-order valence-corrected chi connectivity index (χ1v) is 19.4. The minimum absolute atomic E-state index is 0.0809. The zero-order valence-corrected chi connectivity index (χ0v) is 28.7. The molecule has 4 saturated carbocycles. The maximum absolute atomic E-state index is 13.0. The van der Waals surface area contributed by atoms with Gasteiger partial charge in [0.05, 0.1) is 17.1 Å². The van der Waals surface area contributed by atoms with E-state index in [4.69, 9.17) is 0 Å². The highest BCUT2D eigenvalue weighted by atomic mass is 32.2. The molecule has 9 heteroatoms. The van der Waals surface area contributed by atoms with E-state index in [-0.39, 0.29) is 45.7 Å². The molecule has 4 aliphatic carbocycles. The van der Waals surface area contributed by atoms with Crippen molar-refractivity contribution in [1.29, 1.82) is 0 Å². The summed E-state index contributed by atoms with van der Waals surface area (Å²) in [5, 5.41) is 25.4. The van der Waals surface area contributed by atoms with Gasteiger partial charge >= 0.3 is 6.03 Å². The Morgan fingerprint density at radius 2 is 1.62 bits per heavy atom. The molecule has 8 nitrogen and oxygen atoms in total. The van der Waals surface area contributed by atoms with Gasteiger partial charge in [0, 0.05) is 25.3 Å². The van der Waals surface area contributed by atoms with Crippen molar-refractivity contribution < 1.29 is 23.4 Å². The van der Waals surface area contributed by atoms with Crippen LogP contribution in [0.3, 0.4) is 0 Å². The van der Waals surface area contributed by atoms with Gasteiger partial charge < -0.3 is 20.4 Å². The second-order valence-electron chi connectivity index (χ2n) is 16.0. The number of rotatable bonds is 7. The lowest BCUT2D eigenvalue weighted by Crippen LogP contribution is -2.62. The molecule has 5 aliphatic rings. The van der Waals surface area contributed by atoms with Crippen molar-refractivity contribution in [3.05, 3.63) is 24.3 Å². The van der Waals surface area contributed by atoms with Gasteiger partial charge in [-0.25, -0.2) is 17.9 Å². The van der Waals surface area contributed by atoms with Gasteiger partial charge in [0.2, 0.25) is 0 Å². The summed E-state index contributed by atoms with van der Waals surface area (Å²) in [4.78, 5) is 15.2. The van der Waals surface area contributed by atoms with Crippen LogP contribution in [0, 0.1) is 52.3 Å². The Hall–Kier alpha value is -1.84. The zero-order chi connectivity index (χ0) is 32.1. The van der Waals surface area contributed by atoms with E-state index in [0.29, 0.717) is 30.2 Å². The van der Waals surface area contributed by atoms with Gasteiger partial charge in [-0.3, -0.25) is 0 Å². The van der Waals surface area contributed by atoms with Crippen LogP contribution in [0.25, 0.3) is 0 Å². The number of fused-ring (bicyclic) bond motifs is 5. The van der Waals surface area contributed by atoms with Crippen LogP contribution >= 0.6 is 0 Å². The first-order valence-electron chi connectivity index (χ1n) is 17.9. The van der Waals surface area contributed by atoms with Gasteiger partial charge in [0.25, 0.3) is 10.0 Å². The van der Waals surface area contributed by atoms with E-state index in [0.717, 1.165) is 83.0 Å². The third-order valence-corrected chi connectivity index (χ3v) is 15.2. The molecule has 1 heterocycles. The monoisotopic (exact) mass is 643 g/mol. The number of hydrogen-bond acceptors (Lipinski definition) is 6. The van der Waals surface area contributed by atoms with Crippen LogP contribution in [-0.4, -0.2) is 56.5 Å². The van der Waals surface area contributed by atoms with E-state index in [1.54, 1.807) is 12.1 Å². The van der Waals surface area contributed by atoms with Gasteiger partial charge in [-0.05, 0) is 141 Å². The quantitative estimate of drug-likeness (QED) is 0.293. The Kier molecular flexibility index (Phi) is 9.29. The molecule has 1 aromatic rings. The van der Waals surface area contributed by atoms with E-state index < -0.39 is 16.1 Å². The summed E-state index contributed by atoms with van der Waals surface area (Å²) < 4.78 is 28.2. The Morgan fingerprint density at radius 3 is 2.31 bits per heavy atom. The van der Waals surface area contributed by atoms with E-state index in [2.05, 4.69) is 42.6 Å². The molecule has 6 rings (SSSR count). The van der Waals surface area contributed by atoms with Crippen LogP contribution in [0.5, 0.6) is 0 Å². The molecule has 0 bridgehead atoms. The van der Waals surface area contributed by atoms with Crippen LogP contribution in [0.2, 0.25) is 0 Å². The number of sulfonamides is 1. The highest BCUT2D eigenvalue weighted by molar-refractivity contribution is 7.90. The highest BCUT2D eigenvalue weighted by Crippen LogP contribution is 2.69. The number of piperidine rings is 1. The summed E-state index contributed by atoms with van der Waals surface area (Å²) in [5.41, 5.74) is 1.27. The normalized spacial score (nSPS) is 40.5. The number of urea groups is 1. The molecular formula is C36H57N3O5S. The zero-order valence-electron chi connectivity index (χ0n) is 27.9. The van der Waals surface area contributed by atoms with Crippen molar-refractivity contribution in [2.45, 2.75) is 115 Å². The van der Waals surface area contributed by atoms with Crippen molar-refractivity contribution in [3.63, 3.8) is 0 Å². The van der Waals surface area contributed by atoms with Gasteiger partial charge in [-0.1, -0.05) is 34.1 Å². The third kappa shape index (κ3) is 5.92. The van der Waals surface area contributed by atoms with Crippen LogP contribution in [0.15, 0.2) is 29.2 Å². The highest BCUT2D eigenvalue weighted by Gasteiger charge is 2.64. The fourth-order valence-electron chi connectivity index (χ4n) is 11.5. The number of carbonyl (C=O) groups excluding carboxylic acids is 1. The summed E-state index contributed by atoms with van der Waals surface area (Å²) in [7, 11) is -3.98. The smallest absolute Gasteiger partial charge is 0.328 e. The second kappa shape index (κ2) is 12.6. The number of carbonyl (C=O) groups is 1. The average Bonchev–Trinajstić information content (AvgIpc) is 3.38. The second-order valence-corrected chi connectivity index (χ2v) is 17.6. The molecule has 1 aliphatic heterocycles. The first kappa shape index (κ1) is 33.1. The average molecular weight is 644 g/mol. The molecule has 2 amide bonds. The fourth-order valence-corrected chi connectivity index (χ4v) is 12.5. The number of aliphatic hydroxyl groups is 2. The molecule has 4 N–H and O–H groups in total. The molecule has 45 heavy (non-hydrogen) atoms. The maximum atomic E-state index is 13.0. The van der Waals surface area contributed by atoms with Crippen molar-refractivity contribution in [3.8, 4) is 0 Å². The number of benzene rings is 1. The topological polar surface area (TPSA) is 119 Å². The number of hydrogen-bond donors (Lipinski definition) is 4. The van der Waals surface area contributed by atoms with Crippen LogP contribution in [0.1, 0.15) is 98.3 Å². The molecule has 0 spiro atoms. The lowest BCUT2D eigenvalue weighted by Gasteiger charge is -2.64. The molecule has 11 atom stereocenters. The lowest BCUT2D eigenvalue weighted by molar-refractivity contribution is -0.203. The van der Waals surface area contributed by atoms with E-state index in [9.17, 15) is 23.4 Å². The van der Waals surface area contributed by atoms with Gasteiger partial charge in [0.1, 0.15) is 0 Å². The molecular weight excluding hydrogens is 586 g/mol. The first-order chi connectivity index (χ1) is 21.4. The molecule has 1 aromatic carbocycles. The van der Waals surface area contributed by atoms with Crippen molar-refractivity contribution >= 4 is 21.7 Å². The number of nitrogens with one attached hydrogen (secondary N) is 2. The Labute approximate surface area is 271 Å². The summed E-state index contributed by atoms with van der Waals surface area (Å²) in [6, 6.07) is 6.14. The van der Waals surface area contributed by atoms with Gasteiger partial charge in [-0.15, -0.1) is 0 Å². The van der Waals surface area contributed by atoms with Crippen LogP contribution in [-0.2, 0) is 10.0 Å². The molecule has 252 valence electrons. The van der Waals surface area contributed by atoms with Crippen molar-refractivity contribution in [2.24, 2.45) is 52.3 Å². The molecule has 1 saturated heterocycles. The molecule has 5 fully saturated rings. The minimum atomic E-state index is -3.98. The predicted octanol–water partition coefficient (Wildman–Crippen LogP) is 5.93. The molecule has 0 unspecified atom stereocenters. The summed E-state index contributed by atoms with van der Waals surface area (Å²) in [5.74, 6) is 2.42. The Balaban J connectivity index is 1.08. The van der Waals surface area contributed by atoms with Crippen LogP contribution < -0.4 is 14.9 Å². The lowest BCUT2D eigenvalue weighted by atomic mass is 9.41. The number of amides is 2. The summed E-state index contributed by atoms with van der Waals surface area (Å²) >= 11 is 0. The summed E-state index contributed by atoms with van der Waals surface area (Å²) in [6.45, 7) is 11.7. The fraction of sp³-hybridized carbons (Fsp3) is 0.806. The van der Waals surface area contributed by atoms with E-state index in [1.165, 1.54) is 6.42 Å². The number of aliphatic hydroxyl groups excluding tert-OH is 2. The molecule has 0 aromatic heterocycles. The largest absolute Gasteiger partial charge is 0.393 e. The van der Waals surface area contributed by atoms with Crippen LogP contribution in [0.4, 0.5) is 10.5 Å². The van der Waals surface area contributed by atoms with Gasteiger partial charge in [-0.2, -0.15) is 0 Å². The minimum Gasteiger partial charge on any atom is -0.393 e. The standard InChI is InChI=1S/C36H57N3O5S/c1-5-27-31-21-25(40)15-17-36(31,4)30-16-18-35(3)28(13-14-29(35)32(30)33(27)41)23(2)22-37-34(42)38-45(43,44)26-11-9-24(10-12-26)39-19-7-6-8-20-39/h9-12,23,25,27-33,40-41H,5-8,13-22H2,1-4H3,(H2,37,38,42)/t23-,25-,27-,28-,29+,30+,31+,32+,33-,35-,36-/m1/s1. The maximum Gasteiger partial charge on any atom is 0.328 e. The third-order valence-electron chi connectivity index (χ3n) is 13.8. The van der Waals surface area contributed by atoms with E-state index in [1.807, 2.05) is 12.1 Å². The van der Waals surface area contributed by atoms with Gasteiger partial charge in [0.15, 0.2) is 0 Å². The number of nitrogens with zero attached hydrogens (tertiary/aromatic N) is 1. The Morgan fingerprint density at radius 1 is 0.956 bits per heavy atom. The summed E-state index contributed by atoms with van der Waals surface area (Å²) in [6.07, 6.45) is 11.1. The molecule has 0 radical (unpaired) electrons. The van der Waals surface area contributed by atoms with Crippen molar-refractivity contribution in [1.82, 2.24) is 10.0 Å². The SMILES string of the molecule is CC[C@H]1[C@@H](O)[C@@H]2[C@H](CC[C@]3(C)[C@@H]([C@H](C)CNC(=O)NS(=O)(=O)c4ccc(N5CCCCC5)cc4)CC[C@@H]23)[C@@]2(C)CC[C@@H](O)C[C@@H]12.